The van der Waals surface area contributed by atoms with E-state index < -0.39 is 30.5 Å². The first kappa shape index (κ1) is 20.4. The molecule has 0 aromatic heterocycles. The topological polar surface area (TPSA) is 137 Å². The molecule has 146 valence electrons. The van der Waals surface area contributed by atoms with Crippen LogP contribution in [0.25, 0.3) is 0 Å². The van der Waals surface area contributed by atoms with E-state index in [0.717, 1.165) is 0 Å². The fraction of sp³-hybridized carbons (Fsp3) is 0.158. The number of carbonyl (C=O) groups excluding carboxylic acids is 4. The molecule has 2 aromatic rings. The van der Waals surface area contributed by atoms with Crippen molar-refractivity contribution in [1.82, 2.24) is 0 Å². The maximum atomic E-state index is 12.0. The highest BCUT2D eigenvalue weighted by molar-refractivity contribution is 5.96. The van der Waals surface area contributed by atoms with Gasteiger partial charge < -0.3 is 25.8 Å². The Kier molecular flexibility index (Phi) is 7.09. The molecule has 0 aliphatic carbocycles. The molecule has 2 rings (SSSR count). The van der Waals surface area contributed by atoms with Gasteiger partial charge in [-0.1, -0.05) is 0 Å². The van der Waals surface area contributed by atoms with Crippen molar-refractivity contribution in [1.29, 1.82) is 0 Å². The second-order valence-electron chi connectivity index (χ2n) is 5.49. The van der Waals surface area contributed by atoms with Crippen LogP contribution in [0.1, 0.15) is 27.6 Å². The maximum absolute atomic E-state index is 12.0. The van der Waals surface area contributed by atoms with Crippen LogP contribution in [0, 0.1) is 0 Å². The van der Waals surface area contributed by atoms with Crippen molar-refractivity contribution in [3.63, 3.8) is 0 Å². The maximum Gasteiger partial charge on any atom is 0.338 e. The number of rotatable bonds is 7. The monoisotopic (exact) mass is 385 g/mol. The second-order valence-corrected chi connectivity index (χ2v) is 5.49. The zero-order valence-corrected chi connectivity index (χ0v) is 15.1. The summed E-state index contributed by atoms with van der Waals surface area (Å²) in [7, 11) is 0. The minimum atomic E-state index is -0.720. The first-order valence-corrected chi connectivity index (χ1v) is 8.29. The van der Waals surface area contributed by atoms with Crippen LogP contribution in [0.3, 0.4) is 0 Å². The van der Waals surface area contributed by atoms with Gasteiger partial charge >= 0.3 is 18.0 Å². The molecule has 0 spiro atoms. The van der Waals surface area contributed by atoms with Crippen molar-refractivity contribution in [2.24, 2.45) is 5.73 Å². The van der Waals surface area contributed by atoms with E-state index in [4.69, 9.17) is 15.2 Å². The van der Waals surface area contributed by atoms with E-state index in [1.54, 1.807) is 6.92 Å². The van der Waals surface area contributed by atoms with E-state index in [2.05, 4.69) is 10.6 Å². The first-order chi connectivity index (χ1) is 13.4. The molecule has 0 heterocycles. The molecule has 9 heteroatoms. The Morgan fingerprint density at radius 2 is 1.25 bits per heavy atom. The van der Waals surface area contributed by atoms with Gasteiger partial charge in [0.15, 0.2) is 6.61 Å². The largest absolute Gasteiger partial charge is 0.462 e. The van der Waals surface area contributed by atoms with Gasteiger partial charge in [-0.15, -0.1) is 0 Å². The number of urea groups is 1. The summed E-state index contributed by atoms with van der Waals surface area (Å²) in [5, 5.41) is 4.91. The predicted molar refractivity (Wildman–Crippen MR) is 101 cm³/mol. The van der Waals surface area contributed by atoms with Crippen LogP contribution < -0.4 is 16.4 Å². The van der Waals surface area contributed by atoms with Crippen molar-refractivity contribution in [2.45, 2.75) is 6.92 Å². The summed E-state index contributed by atoms with van der Waals surface area (Å²) in [5.41, 5.74) is 6.43. The van der Waals surface area contributed by atoms with Crippen LogP contribution in [-0.4, -0.2) is 37.1 Å². The molecule has 0 unspecified atom stereocenters. The lowest BCUT2D eigenvalue weighted by Crippen LogP contribution is -2.21. The number of carbonyl (C=O) groups is 4. The Bertz CT molecular complexity index is 862. The molecule has 0 aliphatic heterocycles. The van der Waals surface area contributed by atoms with Gasteiger partial charge in [0.25, 0.3) is 5.91 Å². The summed E-state index contributed by atoms with van der Waals surface area (Å²) in [5.74, 6) is -1.69. The highest BCUT2D eigenvalue weighted by atomic mass is 16.5. The lowest BCUT2D eigenvalue weighted by Gasteiger charge is -2.08. The third kappa shape index (κ3) is 6.13. The van der Waals surface area contributed by atoms with E-state index >= 15 is 0 Å². The molecular formula is C19H19N3O6. The van der Waals surface area contributed by atoms with Crippen LogP contribution in [0.5, 0.6) is 0 Å². The van der Waals surface area contributed by atoms with Crippen molar-refractivity contribution >= 4 is 35.3 Å². The van der Waals surface area contributed by atoms with Crippen molar-refractivity contribution in [2.75, 3.05) is 23.8 Å². The molecule has 4 N–H and O–H groups in total. The van der Waals surface area contributed by atoms with Gasteiger partial charge in [0.2, 0.25) is 0 Å². The molecular weight excluding hydrogens is 366 g/mol. The molecule has 3 amide bonds. The van der Waals surface area contributed by atoms with Gasteiger partial charge in [-0.2, -0.15) is 0 Å². The smallest absolute Gasteiger partial charge is 0.338 e. The molecule has 0 bridgehead atoms. The van der Waals surface area contributed by atoms with E-state index in [1.165, 1.54) is 48.5 Å². The Balaban J connectivity index is 1.83. The average Bonchev–Trinajstić information content (AvgIpc) is 2.67. The summed E-state index contributed by atoms with van der Waals surface area (Å²) >= 11 is 0. The van der Waals surface area contributed by atoms with Crippen LogP contribution in [0.4, 0.5) is 16.2 Å². The van der Waals surface area contributed by atoms with Gasteiger partial charge in [-0.3, -0.25) is 4.79 Å². The number of benzene rings is 2. The van der Waals surface area contributed by atoms with Crippen molar-refractivity contribution in [3.8, 4) is 0 Å². The van der Waals surface area contributed by atoms with Gasteiger partial charge in [-0.05, 0) is 55.5 Å². The van der Waals surface area contributed by atoms with Gasteiger partial charge in [-0.25, -0.2) is 14.4 Å². The predicted octanol–water partition coefficient (Wildman–Crippen LogP) is 2.15. The number of anilines is 2. The average molecular weight is 385 g/mol. The SMILES string of the molecule is CCOC(=O)c1ccc(NC(=O)COC(=O)c2ccc(NC(N)=O)cc2)cc1. The molecule has 28 heavy (non-hydrogen) atoms. The Morgan fingerprint density at radius 1 is 0.786 bits per heavy atom. The van der Waals surface area contributed by atoms with Gasteiger partial charge in [0, 0.05) is 11.4 Å². The zero-order valence-electron chi connectivity index (χ0n) is 15.1. The van der Waals surface area contributed by atoms with Gasteiger partial charge in [0.05, 0.1) is 17.7 Å². The standard InChI is InChI=1S/C19H19N3O6/c1-2-27-17(24)12-3-7-14(8-4-12)21-16(23)11-28-18(25)13-5-9-15(10-6-13)22-19(20)26/h3-10H,2,11H2,1H3,(H,21,23)(H3,20,22,26). The van der Waals surface area contributed by atoms with Crippen LogP contribution in [-0.2, 0) is 14.3 Å². The number of esters is 2. The number of nitrogens with one attached hydrogen (secondary N) is 2. The minimum absolute atomic E-state index is 0.210. The lowest BCUT2D eigenvalue weighted by molar-refractivity contribution is -0.119. The number of amides is 3. The van der Waals surface area contributed by atoms with Gasteiger partial charge in [0.1, 0.15) is 0 Å². The molecule has 0 atom stereocenters. The van der Waals surface area contributed by atoms with Crippen molar-refractivity contribution in [3.05, 3.63) is 59.7 Å². The third-order valence-electron chi connectivity index (χ3n) is 3.40. The lowest BCUT2D eigenvalue weighted by atomic mass is 10.2. The molecule has 0 aliphatic rings. The van der Waals surface area contributed by atoms with E-state index in [-0.39, 0.29) is 12.2 Å². The first-order valence-electron chi connectivity index (χ1n) is 8.29. The highest BCUT2D eigenvalue weighted by Crippen LogP contribution is 2.12. The zero-order chi connectivity index (χ0) is 20.5. The van der Waals surface area contributed by atoms with Crippen LogP contribution in [0.15, 0.2) is 48.5 Å². The number of primary amides is 1. The number of hydrogen-bond donors (Lipinski definition) is 3. The number of hydrogen-bond acceptors (Lipinski definition) is 6. The molecule has 0 saturated heterocycles. The van der Waals surface area contributed by atoms with E-state index in [9.17, 15) is 19.2 Å². The van der Waals surface area contributed by atoms with E-state index in [1.807, 2.05) is 0 Å². The Hall–Kier alpha value is -3.88. The number of ether oxygens (including phenoxy) is 2. The van der Waals surface area contributed by atoms with Crippen LogP contribution in [0.2, 0.25) is 0 Å². The molecule has 0 fully saturated rings. The summed E-state index contributed by atoms with van der Waals surface area (Å²) in [6.45, 7) is 1.49. The molecule has 0 radical (unpaired) electrons. The number of nitrogens with two attached hydrogens (primary N) is 1. The van der Waals surface area contributed by atoms with E-state index in [0.29, 0.717) is 16.9 Å². The normalized spacial score (nSPS) is 9.89. The minimum Gasteiger partial charge on any atom is -0.462 e. The quantitative estimate of drug-likeness (QED) is 0.625. The van der Waals surface area contributed by atoms with Crippen LogP contribution >= 0.6 is 0 Å². The highest BCUT2D eigenvalue weighted by Gasteiger charge is 2.11. The summed E-state index contributed by atoms with van der Waals surface area (Å²) in [6.07, 6.45) is 0. The molecule has 2 aromatic carbocycles. The summed E-state index contributed by atoms with van der Waals surface area (Å²) < 4.78 is 9.81. The Morgan fingerprint density at radius 3 is 1.71 bits per heavy atom. The Labute approximate surface area is 160 Å². The fourth-order valence-electron chi connectivity index (χ4n) is 2.15. The van der Waals surface area contributed by atoms with Crippen molar-refractivity contribution < 1.29 is 28.7 Å². The summed E-state index contributed by atoms with van der Waals surface area (Å²) in [4.78, 5) is 46.2. The third-order valence-corrected chi connectivity index (χ3v) is 3.40. The fourth-order valence-corrected chi connectivity index (χ4v) is 2.15. The molecule has 0 saturated carbocycles. The second kappa shape index (κ2) is 9.72. The molecule has 9 nitrogen and oxygen atoms in total. The summed E-state index contributed by atoms with van der Waals surface area (Å²) in [6, 6.07) is 11.2.